The Bertz CT molecular complexity index is 936. The third kappa shape index (κ3) is 4.90. The number of pyridine rings is 1. The number of hydrogen-bond acceptors (Lipinski definition) is 6. The molecule has 1 aromatic heterocycles. The van der Waals surface area contributed by atoms with Crippen molar-refractivity contribution in [1.29, 1.82) is 0 Å². The number of nitrogens with zero attached hydrogens (tertiary/aromatic N) is 2. The van der Waals surface area contributed by atoms with Gasteiger partial charge in [-0.05, 0) is 51.3 Å². The van der Waals surface area contributed by atoms with E-state index in [1.54, 1.807) is 23.4 Å². The van der Waals surface area contributed by atoms with Crippen LogP contribution in [0.2, 0.25) is 0 Å². The number of carbonyl (C=O) groups excluding carboxylic acids is 2. The zero-order valence-electron chi connectivity index (χ0n) is 18.2. The smallest absolute Gasteiger partial charge is 0.410 e. The van der Waals surface area contributed by atoms with Crippen LogP contribution in [0.4, 0.5) is 10.5 Å². The third-order valence-corrected chi connectivity index (χ3v) is 5.00. The number of hydrogen-bond donors (Lipinski definition) is 1. The Labute approximate surface area is 177 Å². The van der Waals surface area contributed by atoms with Crippen molar-refractivity contribution in [2.75, 3.05) is 25.5 Å². The number of fused-ring (bicyclic) bond motifs is 1. The molecule has 1 N–H and O–H groups in total. The van der Waals surface area contributed by atoms with Gasteiger partial charge in [0.1, 0.15) is 5.60 Å². The molecule has 7 nitrogen and oxygen atoms in total. The van der Waals surface area contributed by atoms with Crippen LogP contribution in [0.5, 0.6) is 0 Å². The van der Waals surface area contributed by atoms with Crippen LogP contribution in [0.15, 0.2) is 36.7 Å². The summed E-state index contributed by atoms with van der Waals surface area (Å²) in [6.07, 6.45) is 3.55. The number of anilines is 1. The lowest BCUT2D eigenvalue weighted by molar-refractivity contribution is 0.0153. The lowest BCUT2D eigenvalue weighted by atomic mass is 9.91. The summed E-state index contributed by atoms with van der Waals surface area (Å²) in [4.78, 5) is 30.9. The summed E-state index contributed by atoms with van der Waals surface area (Å²) in [6.45, 7) is 8.61. The van der Waals surface area contributed by atoms with E-state index in [0.29, 0.717) is 24.3 Å². The second kappa shape index (κ2) is 8.73. The molecule has 0 aliphatic carbocycles. The summed E-state index contributed by atoms with van der Waals surface area (Å²) in [5.41, 5.74) is 3.87. The largest absolute Gasteiger partial charge is 0.465 e. The van der Waals surface area contributed by atoms with Gasteiger partial charge in [-0.15, -0.1) is 0 Å². The van der Waals surface area contributed by atoms with Crippen molar-refractivity contribution < 1.29 is 19.1 Å². The molecule has 2 aromatic rings. The highest BCUT2D eigenvalue weighted by molar-refractivity contribution is 5.95. The Hall–Kier alpha value is -3.09. The van der Waals surface area contributed by atoms with E-state index >= 15 is 0 Å². The van der Waals surface area contributed by atoms with Gasteiger partial charge in [0.05, 0.1) is 30.6 Å². The highest BCUT2D eigenvalue weighted by Gasteiger charge is 2.33. The first-order valence-corrected chi connectivity index (χ1v) is 10.0. The lowest BCUT2D eigenvalue weighted by Gasteiger charge is -2.38. The minimum absolute atomic E-state index is 0.241. The number of carbonyl (C=O) groups is 2. The summed E-state index contributed by atoms with van der Waals surface area (Å²) in [5.74, 6) is -0.441. The summed E-state index contributed by atoms with van der Waals surface area (Å²) < 4.78 is 10.5. The van der Waals surface area contributed by atoms with Crippen LogP contribution in [0.1, 0.15) is 53.9 Å². The molecule has 0 spiro atoms. The van der Waals surface area contributed by atoms with E-state index in [4.69, 9.17) is 9.47 Å². The van der Waals surface area contributed by atoms with E-state index in [2.05, 4.69) is 29.4 Å². The molecule has 0 radical (unpaired) electrons. The number of esters is 1. The molecule has 3 rings (SSSR count). The lowest BCUT2D eigenvalue weighted by Crippen LogP contribution is -2.45. The van der Waals surface area contributed by atoms with E-state index in [-0.39, 0.29) is 12.1 Å². The van der Waals surface area contributed by atoms with Crippen LogP contribution in [0.3, 0.4) is 0 Å². The van der Waals surface area contributed by atoms with Crippen molar-refractivity contribution in [1.82, 2.24) is 9.88 Å². The third-order valence-electron chi connectivity index (χ3n) is 5.00. The maximum Gasteiger partial charge on any atom is 0.410 e. The summed E-state index contributed by atoms with van der Waals surface area (Å²) >= 11 is 0. The van der Waals surface area contributed by atoms with Crippen LogP contribution >= 0.6 is 0 Å². The number of aromatic nitrogens is 1. The van der Waals surface area contributed by atoms with E-state index < -0.39 is 11.6 Å². The number of rotatable bonds is 4. The molecule has 0 bridgehead atoms. The van der Waals surface area contributed by atoms with E-state index in [1.807, 2.05) is 26.8 Å². The average molecular weight is 412 g/mol. The Balaban J connectivity index is 1.90. The van der Waals surface area contributed by atoms with E-state index in [9.17, 15) is 9.59 Å². The number of benzene rings is 1. The zero-order chi connectivity index (χ0) is 21.9. The molecule has 1 amide bonds. The van der Waals surface area contributed by atoms with Crippen molar-refractivity contribution in [3.8, 4) is 0 Å². The maximum absolute atomic E-state index is 12.9. The first-order chi connectivity index (χ1) is 14.2. The van der Waals surface area contributed by atoms with Crippen LogP contribution in [0, 0.1) is 6.92 Å². The van der Waals surface area contributed by atoms with Gasteiger partial charge in [-0.3, -0.25) is 9.88 Å². The van der Waals surface area contributed by atoms with Crippen LogP contribution in [-0.4, -0.2) is 47.7 Å². The SMILES string of the molecule is COC(=O)c1ccncc1NC[C@@H]1c2ccc(C)cc2CCN1C(=O)OC(C)(C)C. The van der Waals surface area contributed by atoms with Gasteiger partial charge in [-0.25, -0.2) is 9.59 Å². The van der Waals surface area contributed by atoms with Gasteiger partial charge in [-0.1, -0.05) is 23.8 Å². The standard InChI is InChI=1S/C23H29N3O4/c1-15-6-7-17-16(12-15)9-11-26(22(28)30-23(2,3)4)20(17)14-25-19-13-24-10-8-18(19)21(27)29-5/h6-8,10,12-13,20,25H,9,11,14H2,1-5H3/t20-/m1/s1. The molecule has 1 aliphatic rings. The molecule has 1 atom stereocenters. The first-order valence-electron chi connectivity index (χ1n) is 10.0. The fourth-order valence-electron chi connectivity index (χ4n) is 3.63. The molecule has 0 saturated heterocycles. The minimum Gasteiger partial charge on any atom is -0.465 e. The summed E-state index contributed by atoms with van der Waals surface area (Å²) in [6, 6.07) is 7.65. The van der Waals surface area contributed by atoms with E-state index in [1.165, 1.54) is 18.2 Å². The maximum atomic E-state index is 12.9. The molecule has 2 heterocycles. The Morgan fingerprint density at radius 2 is 2.03 bits per heavy atom. The number of nitrogens with one attached hydrogen (secondary N) is 1. The van der Waals surface area contributed by atoms with Gasteiger partial charge in [0.25, 0.3) is 0 Å². The molecule has 1 aliphatic heterocycles. The van der Waals surface area contributed by atoms with Crippen LogP contribution in [0.25, 0.3) is 0 Å². The molecule has 1 aromatic carbocycles. The molecule has 0 saturated carbocycles. The molecule has 0 unspecified atom stereocenters. The predicted octanol–water partition coefficient (Wildman–Crippen LogP) is 4.12. The fourth-order valence-corrected chi connectivity index (χ4v) is 3.63. The van der Waals surface area contributed by atoms with Crippen molar-refractivity contribution >= 4 is 17.7 Å². The van der Waals surface area contributed by atoms with Gasteiger partial charge in [0, 0.05) is 19.3 Å². The zero-order valence-corrected chi connectivity index (χ0v) is 18.2. The van der Waals surface area contributed by atoms with Crippen LogP contribution in [-0.2, 0) is 15.9 Å². The quantitative estimate of drug-likeness (QED) is 0.762. The molecule has 160 valence electrons. The van der Waals surface area contributed by atoms with Crippen molar-refractivity contribution in [3.63, 3.8) is 0 Å². The summed E-state index contributed by atoms with van der Waals surface area (Å²) in [5, 5.41) is 3.29. The van der Waals surface area contributed by atoms with Crippen molar-refractivity contribution in [3.05, 3.63) is 58.9 Å². The number of amides is 1. The highest BCUT2D eigenvalue weighted by Crippen LogP contribution is 2.32. The Morgan fingerprint density at radius 3 is 2.73 bits per heavy atom. The van der Waals surface area contributed by atoms with Gasteiger partial charge < -0.3 is 14.8 Å². The normalized spacial score (nSPS) is 15.9. The monoisotopic (exact) mass is 411 g/mol. The second-order valence-corrected chi connectivity index (χ2v) is 8.44. The Kier molecular flexibility index (Phi) is 6.29. The fraction of sp³-hybridized carbons (Fsp3) is 0.435. The molecule has 0 fully saturated rings. The van der Waals surface area contributed by atoms with Crippen molar-refractivity contribution in [2.24, 2.45) is 0 Å². The molecule has 30 heavy (non-hydrogen) atoms. The topological polar surface area (TPSA) is 80.8 Å². The number of aryl methyl sites for hydroxylation is 1. The van der Waals surface area contributed by atoms with Gasteiger partial charge in [0.15, 0.2) is 0 Å². The van der Waals surface area contributed by atoms with Gasteiger partial charge in [0.2, 0.25) is 0 Å². The van der Waals surface area contributed by atoms with Crippen LogP contribution < -0.4 is 5.32 Å². The average Bonchev–Trinajstić information content (AvgIpc) is 2.70. The number of methoxy groups -OCH3 is 1. The van der Waals surface area contributed by atoms with Gasteiger partial charge in [-0.2, -0.15) is 0 Å². The van der Waals surface area contributed by atoms with E-state index in [0.717, 1.165) is 12.0 Å². The summed E-state index contributed by atoms with van der Waals surface area (Å²) in [7, 11) is 1.34. The van der Waals surface area contributed by atoms with Gasteiger partial charge >= 0.3 is 12.1 Å². The molecular formula is C23H29N3O4. The Morgan fingerprint density at radius 1 is 1.27 bits per heavy atom. The molecular weight excluding hydrogens is 382 g/mol. The number of ether oxygens (including phenoxy) is 2. The minimum atomic E-state index is -0.579. The highest BCUT2D eigenvalue weighted by atomic mass is 16.6. The predicted molar refractivity (Wildman–Crippen MR) is 115 cm³/mol. The van der Waals surface area contributed by atoms with Crippen molar-refractivity contribution in [2.45, 2.75) is 45.8 Å². The second-order valence-electron chi connectivity index (χ2n) is 8.44. The molecule has 7 heteroatoms. The first kappa shape index (κ1) is 21.6.